The molecule has 3 atom stereocenters. The number of hydrogen-bond donors (Lipinski definition) is 1. The molecule has 1 fully saturated rings. The molecule has 2 aromatic carbocycles. The van der Waals surface area contributed by atoms with Gasteiger partial charge in [0, 0.05) is 30.8 Å². The molecule has 39 heavy (non-hydrogen) atoms. The summed E-state index contributed by atoms with van der Waals surface area (Å²) in [7, 11) is 0. The molecule has 0 radical (unpaired) electrons. The van der Waals surface area contributed by atoms with Crippen LogP contribution in [0.25, 0.3) is 11.3 Å². The zero-order chi connectivity index (χ0) is 27.4. The summed E-state index contributed by atoms with van der Waals surface area (Å²) in [5.41, 5.74) is 2.69. The molecule has 5 rings (SSSR count). The number of imidazole rings is 1. The molecule has 0 saturated heterocycles. The Kier molecular flexibility index (Phi) is 7.88. The molecule has 9 nitrogen and oxygen atoms in total. The molecule has 0 unspecified atom stereocenters. The summed E-state index contributed by atoms with van der Waals surface area (Å²) in [6.45, 7) is 7.53. The van der Waals surface area contributed by atoms with E-state index in [0.717, 1.165) is 41.9 Å². The highest BCUT2D eigenvalue weighted by Crippen LogP contribution is 2.41. The Labute approximate surface area is 229 Å². The average molecular weight is 528 g/mol. The molecule has 1 N–H and O–H groups in total. The fourth-order valence-electron chi connectivity index (χ4n) is 5.61. The SMILES string of the molecule is CC(C)(C)[C@H](c1nc(-c2ccccc2)cn1Cc1ccccc1)N(C[C@@H]1CCC[C@H]1O)C(=O)Cn1cnnn1. The van der Waals surface area contributed by atoms with Crippen LogP contribution in [0.1, 0.15) is 57.5 Å². The topological polar surface area (TPSA) is 102 Å². The summed E-state index contributed by atoms with van der Waals surface area (Å²) >= 11 is 0. The van der Waals surface area contributed by atoms with Crippen molar-refractivity contribution in [3.63, 3.8) is 0 Å². The van der Waals surface area contributed by atoms with Gasteiger partial charge in [0.2, 0.25) is 5.91 Å². The van der Waals surface area contributed by atoms with Crippen LogP contribution < -0.4 is 0 Å². The van der Waals surface area contributed by atoms with Crippen molar-refractivity contribution in [2.45, 2.75) is 65.3 Å². The molecule has 1 aliphatic rings. The van der Waals surface area contributed by atoms with Crippen LogP contribution in [0.2, 0.25) is 0 Å². The Morgan fingerprint density at radius 3 is 2.41 bits per heavy atom. The van der Waals surface area contributed by atoms with Crippen LogP contribution in [0.3, 0.4) is 0 Å². The van der Waals surface area contributed by atoms with Gasteiger partial charge in [0.15, 0.2) is 0 Å². The fraction of sp³-hybridized carbons (Fsp3) is 0.433. The number of nitrogens with zero attached hydrogens (tertiary/aromatic N) is 7. The van der Waals surface area contributed by atoms with Gasteiger partial charge in [-0.2, -0.15) is 0 Å². The van der Waals surface area contributed by atoms with Crippen molar-refractivity contribution in [3.8, 4) is 11.3 Å². The lowest BCUT2D eigenvalue weighted by Crippen LogP contribution is -2.47. The van der Waals surface area contributed by atoms with Gasteiger partial charge in [-0.25, -0.2) is 9.67 Å². The van der Waals surface area contributed by atoms with Crippen molar-refractivity contribution in [1.82, 2.24) is 34.7 Å². The van der Waals surface area contributed by atoms with E-state index in [0.29, 0.717) is 13.1 Å². The molecule has 2 heterocycles. The minimum atomic E-state index is -0.419. The Bertz CT molecular complexity index is 1350. The molecule has 4 aromatic rings. The van der Waals surface area contributed by atoms with Crippen LogP contribution in [0.5, 0.6) is 0 Å². The number of hydrogen-bond acceptors (Lipinski definition) is 6. The summed E-state index contributed by atoms with van der Waals surface area (Å²) in [4.78, 5) is 21.1. The molecule has 1 saturated carbocycles. The maximum absolute atomic E-state index is 14.0. The third-order valence-corrected chi connectivity index (χ3v) is 7.51. The number of aliphatic hydroxyl groups excluding tert-OH is 1. The highest BCUT2D eigenvalue weighted by Gasteiger charge is 2.41. The summed E-state index contributed by atoms with van der Waals surface area (Å²) in [5, 5.41) is 22.1. The predicted molar refractivity (Wildman–Crippen MR) is 148 cm³/mol. The van der Waals surface area contributed by atoms with Crippen LogP contribution >= 0.6 is 0 Å². The van der Waals surface area contributed by atoms with E-state index in [-0.39, 0.29) is 29.8 Å². The number of amides is 1. The Morgan fingerprint density at radius 1 is 1.08 bits per heavy atom. The lowest BCUT2D eigenvalue weighted by atomic mass is 9.84. The first-order valence-electron chi connectivity index (χ1n) is 13.6. The molecule has 9 heteroatoms. The van der Waals surface area contributed by atoms with E-state index in [9.17, 15) is 9.90 Å². The second-order valence-electron chi connectivity index (χ2n) is 11.5. The van der Waals surface area contributed by atoms with Crippen LogP contribution in [0.15, 0.2) is 73.2 Å². The highest BCUT2D eigenvalue weighted by atomic mass is 16.3. The van der Waals surface area contributed by atoms with E-state index in [1.54, 1.807) is 0 Å². The average Bonchev–Trinajstić information content (AvgIpc) is 3.67. The van der Waals surface area contributed by atoms with Crippen molar-refractivity contribution in [2.24, 2.45) is 11.3 Å². The molecule has 0 spiro atoms. The molecule has 2 aromatic heterocycles. The van der Waals surface area contributed by atoms with Gasteiger partial charge in [-0.15, -0.1) is 5.10 Å². The monoisotopic (exact) mass is 527 g/mol. The van der Waals surface area contributed by atoms with Gasteiger partial charge < -0.3 is 14.6 Å². The summed E-state index contributed by atoms with van der Waals surface area (Å²) in [6, 6.07) is 20.1. The number of carbonyl (C=O) groups excluding carboxylic acids is 1. The first kappa shape index (κ1) is 26.7. The smallest absolute Gasteiger partial charge is 0.245 e. The molecule has 204 valence electrons. The highest BCUT2D eigenvalue weighted by molar-refractivity contribution is 5.76. The van der Waals surface area contributed by atoms with Gasteiger partial charge in [0.1, 0.15) is 18.7 Å². The van der Waals surface area contributed by atoms with Crippen molar-refractivity contribution in [3.05, 3.63) is 84.6 Å². The van der Waals surface area contributed by atoms with Crippen LogP contribution in [0, 0.1) is 11.3 Å². The molecule has 0 bridgehead atoms. The van der Waals surface area contributed by atoms with Crippen molar-refractivity contribution in [2.75, 3.05) is 6.54 Å². The van der Waals surface area contributed by atoms with Crippen molar-refractivity contribution in [1.29, 1.82) is 0 Å². The van der Waals surface area contributed by atoms with Gasteiger partial charge in [-0.1, -0.05) is 87.9 Å². The fourth-order valence-corrected chi connectivity index (χ4v) is 5.61. The second-order valence-corrected chi connectivity index (χ2v) is 11.5. The maximum Gasteiger partial charge on any atom is 0.245 e. The number of rotatable bonds is 9. The molecule has 0 aliphatic heterocycles. The van der Waals surface area contributed by atoms with Crippen LogP contribution in [0.4, 0.5) is 0 Å². The van der Waals surface area contributed by atoms with E-state index in [2.05, 4.69) is 71.3 Å². The summed E-state index contributed by atoms with van der Waals surface area (Å²) in [6.07, 6.45) is 5.74. The van der Waals surface area contributed by atoms with E-state index in [1.165, 1.54) is 11.0 Å². The maximum atomic E-state index is 14.0. The Morgan fingerprint density at radius 2 is 1.79 bits per heavy atom. The zero-order valence-electron chi connectivity index (χ0n) is 22.9. The summed E-state index contributed by atoms with van der Waals surface area (Å²) < 4.78 is 3.63. The summed E-state index contributed by atoms with van der Waals surface area (Å²) in [5.74, 6) is 0.735. The molecular formula is C30H37N7O2. The number of aliphatic hydroxyl groups is 1. The van der Waals surface area contributed by atoms with Gasteiger partial charge in [-0.3, -0.25) is 4.79 Å². The van der Waals surface area contributed by atoms with Gasteiger partial charge >= 0.3 is 0 Å². The normalized spacial score (nSPS) is 18.3. The minimum absolute atomic E-state index is 0.0128. The lowest BCUT2D eigenvalue weighted by Gasteiger charge is -2.41. The first-order valence-corrected chi connectivity index (χ1v) is 13.6. The number of carbonyl (C=O) groups is 1. The number of tetrazole rings is 1. The Balaban J connectivity index is 1.60. The van der Waals surface area contributed by atoms with Gasteiger partial charge in [0.05, 0.1) is 17.8 Å². The van der Waals surface area contributed by atoms with E-state index in [4.69, 9.17) is 4.98 Å². The Hall–Kier alpha value is -3.85. The lowest BCUT2D eigenvalue weighted by molar-refractivity contribution is -0.139. The largest absolute Gasteiger partial charge is 0.393 e. The van der Waals surface area contributed by atoms with E-state index < -0.39 is 6.10 Å². The molecule has 1 amide bonds. The minimum Gasteiger partial charge on any atom is -0.393 e. The van der Waals surface area contributed by atoms with Crippen molar-refractivity contribution < 1.29 is 9.90 Å². The number of aromatic nitrogens is 6. The van der Waals surface area contributed by atoms with Gasteiger partial charge in [0.25, 0.3) is 0 Å². The zero-order valence-corrected chi connectivity index (χ0v) is 22.9. The third-order valence-electron chi connectivity index (χ3n) is 7.51. The second kappa shape index (κ2) is 11.5. The number of benzene rings is 2. The predicted octanol–water partition coefficient (Wildman–Crippen LogP) is 4.36. The van der Waals surface area contributed by atoms with Crippen LogP contribution in [-0.2, 0) is 17.9 Å². The first-order chi connectivity index (χ1) is 18.8. The van der Waals surface area contributed by atoms with Crippen LogP contribution in [-0.4, -0.2) is 58.3 Å². The molecular weight excluding hydrogens is 490 g/mol. The quantitative estimate of drug-likeness (QED) is 0.347. The van der Waals surface area contributed by atoms with Crippen molar-refractivity contribution >= 4 is 5.91 Å². The molecule has 1 aliphatic carbocycles. The third kappa shape index (κ3) is 6.25. The van der Waals surface area contributed by atoms with E-state index in [1.807, 2.05) is 41.3 Å². The van der Waals surface area contributed by atoms with Gasteiger partial charge in [-0.05, 0) is 34.2 Å². The standard InChI is InChI=1S/C30H37N7O2/c1-30(2,3)28(37(18-24-15-10-16-26(24)38)27(39)20-36-21-31-33-34-36)29-32-25(23-13-8-5-9-14-23)19-35(29)17-22-11-6-4-7-12-22/h4-9,11-14,19,21,24,26,28,38H,10,15-18,20H2,1-3H3/t24-,26+,28-/m0/s1. The van der Waals surface area contributed by atoms with E-state index >= 15 is 0 Å².